The Balaban J connectivity index is 1.91. The summed E-state index contributed by atoms with van der Waals surface area (Å²) in [5.41, 5.74) is 1.98. The molecule has 0 heterocycles. The topological polar surface area (TPSA) is 90.7 Å². The number of nitro benzene ring substituents is 1. The van der Waals surface area contributed by atoms with Crippen LogP contribution in [0.1, 0.15) is 28.4 Å². The van der Waals surface area contributed by atoms with Crippen LogP contribution in [-0.4, -0.2) is 24.9 Å². The molecule has 3 rings (SSSR count). The van der Waals surface area contributed by atoms with E-state index in [-0.39, 0.29) is 17.9 Å². The average molecular weight is 441 g/mol. The molecule has 0 bridgehead atoms. The Labute approximate surface area is 184 Å². The van der Waals surface area contributed by atoms with Gasteiger partial charge in [-0.25, -0.2) is 0 Å². The molecule has 0 fully saturated rings. The minimum Gasteiger partial charge on any atom is -0.493 e. The van der Waals surface area contributed by atoms with E-state index in [1.165, 1.54) is 12.1 Å². The van der Waals surface area contributed by atoms with Crippen molar-refractivity contribution >= 4 is 28.8 Å². The Morgan fingerprint density at radius 2 is 1.65 bits per heavy atom. The van der Waals surface area contributed by atoms with Gasteiger partial charge in [0.1, 0.15) is 0 Å². The van der Waals surface area contributed by atoms with Gasteiger partial charge in [-0.3, -0.25) is 14.9 Å². The fourth-order valence-electron chi connectivity index (χ4n) is 3.14. The van der Waals surface area contributed by atoms with Crippen LogP contribution < -0.4 is 14.8 Å². The zero-order valence-corrected chi connectivity index (χ0v) is 17.8. The molecule has 0 aliphatic carbocycles. The van der Waals surface area contributed by atoms with Crippen LogP contribution in [0.5, 0.6) is 11.5 Å². The molecule has 0 saturated heterocycles. The van der Waals surface area contributed by atoms with E-state index in [1.54, 1.807) is 62.8 Å². The molecule has 1 N–H and O–H groups in total. The molecule has 3 aromatic rings. The summed E-state index contributed by atoms with van der Waals surface area (Å²) in [6.45, 7) is 0. The standard InChI is InChI=1S/C23H21ClN2O5/c1-30-22-12-5-16(13-23(22)31-2)20(14-21(27)15-3-6-17(24)7-4-15)25-18-8-10-19(11-9-18)26(28)29/h3-13,20,25H,14H2,1-2H3. The maximum Gasteiger partial charge on any atom is 0.269 e. The number of Topliss-reactive ketones (excluding diaryl/α,β-unsaturated/α-hetero) is 1. The van der Waals surface area contributed by atoms with Crippen LogP contribution in [-0.2, 0) is 0 Å². The fourth-order valence-corrected chi connectivity index (χ4v) is 3.27. The average Bonchev–Trinajstić information content (AvgIpc) is 2.78. The molecule has 160 valence electrons. The maximum absolute atomic E-state index is 12.9. The lowest BCUT2D eigenvalue weighted by Gasteiger charge is -2.21. The normalized spacial score (nSPS) is 11.5. The largest absolute Gasteiger partial charge is 0.493 e. The minimum absolute atomic E-state index is 0.00884. The maximum atomic E-state index is 12.9. The number of ether oxygens (including phenoxy) is 2. The van der Waals surface area contributed by atoms with Crippen LogP contribution in [0.4, 0.5) is 11.4 Å². The lowest BCUT2D eigenvalue weighted by Crippen LogP contribution is -2.16. The monoisotopic (exact) mass is 440 g/mol. The molecule has 0 aliphatic heterocycles. The smallest absolute Gasteiger partial charge is 0.269 e. The summed E-state index contributed by atoms with van der Waals surface area (Å²) >= 11 is 5.92. The predicted octanol–water partition coefficient (Wildman–Crippen LogP) is 5.69. The summed E-state index contributed by atoms with van der Waals surface area (Å²) in [5, 5.41) is 14.8. The number of ketones is 1. The number of non-ortho nitro benzene ring substituents is 1. The third-order valence-corrected chi connectivity index (χ3v) is 5.04. The molecular formula is C23H21ClN2O5. The van der Waals surface area contributed by atoms with Gasteiger partial charge in [0.25, 0.3) is 5.69 Å². The van der Waals surface area contributed by atoms with Gasteiger partial charge in [-0.15, -0.1) is 0 Å². The summed E-state index contributed by atoms with van der Waals surface area (Å²) in [6, 6.07) is 17.8. The highest BCUT2D eigenvalue weighted by molar-refractivity contribution is 6.30. The molecule has 0 aromatic heterocycles. The van der Waals surface area contributed by atoms with Crippen LogP contribution in [0.2, 0.25) is 5.02 Å². The van der Waals surface area contributed by atoms with E-state index in [0.29, 0.717) is 27.8 Å². The Morgan fingerprint density at radius 3 is 2.23 bits per heavy atom. The summed E-state index contributed by atoms with van der Waals surface area (Å²) < 4.78 is 10.7. The van der Waals surface area contributed by atoms with E-state index in [9.17, 15) is 14.9 Å². The van der Waals surface area contributed by atoms with Gasteiger partial charge < -0.3 is 14.8 Å². The van der Waals surface area contributed by atoms with Crippen LogP contribution in [0.15, 0.2) is 66.7 Å². The van der Waals surface area contributed by atoms with Crippen molar-refractivity contribution in [2.45, 2.75) is 12.5 Å². The first-order chi connectivity index (χ1) is 14.9. The summed E-state index contributed by atoms with van der Waals surface area (Å²) in [4.78, 5) is 23.4. The van der Waals surface area contributed by atoms with Crippen molar-refractivity contribution in [3.8, 4) is 11.5 Å². The lowest BCUT2D eigenvalue weighted by molar-refractivity contribution is -0.384. The van der Waals surface area contributed by atoms with Gasteiger partial charge in [0.15, 0.2) is 17.3 Å². The van der Waals surface area contributed by atoms with E-state index in [1.807, 2.05) is 6.07 Å². The molecule has 3 aromatic carbocycles. The zero-order valence-electron chi connectivity index (χ0n) is 17.0. The number of carbonyl (C=O) groups is 1. The number of methoxy groups -OCH3 is 2. The van der Waals surface area contributed by atoms with Crippen LogP contribution in [0.3, 0.4) is 0 Å². The molecule has 0 radical (unpaired) electrons. The zero-order chi connectivity index (χ0) is 22.4. The Bertz CT molecular complexity index is 1070. The summed E-state index contributed by atoms with van der Waals surface area (Å²) in [5.74, 6) is 1.03. The molecule has 8 heteroatoms. The number of anilines is 1. The third kappa shape index (κ3) is 5.52. The molecule has 0 aliphatic rings. The molecule has 0 spiro atoms. The van der Waals surface area contributed by atoms with E-state index >= 15 is 0 Å². The first kappa shape index (κ1) is 22.1. The SMILES string of the molecule is COc1ccc(C(CC(=O)c2ccc(Cl)cc2)Nc2ccc([N+](=O)[O-])cc2)cc1OC. The van der Waals surface area contributed by atoms with E-state index in [2.05, 4.69) is 5.32 Å². The highest BCUT2D eigenvalue weighted by Gasteiger charge is 2.20. The van der Waals surface area contributed by atoms with E-state index in [0.717, 1.165) is 5.56 Å². The molecule has 1 unspecified atom stereocenters. The minimum atomic E-state index is -0.459. The number of halogens is 1. The van der Waals surface area contributed by atoms with Gasteiger partial charge in [0.05, 0.1) is 25.2 Å². The second-order valence-corrected chi connectivity index (χ2v) is 7.19. The number of benzene rings is 3. The molecule has 7 nitrogen and oxygen atoms in total. The second kappa shape index (κ2) is 9.95. The van der Waals surface area contributed by atoms with Crippen molar-refractivity contribution in [1.29, 1.82) is 0 Å². The number of nitrogens with one attached hydrogen (secondary N) is 1. The van der Waals surface area contributed by atoms with Gasteiger partial charge in [-0.2, -0.15) is 0 Å². The summed E-state index contributed by atoms with van der Waals surface area (Å²) in [6.07, 6.45) is 0.147. The van der Waals surface area contributed by atoms with Crippen molar-refractivity contribution in [2.24, 2.45) is 0 Å². The van der Waals surface area contributed by atoms with Crippen molar-refractivity contribution < 1.29 is 19.2 Å². The summed E-state index contributed by atoms with van der Waals surface area (Å²) in [7, 11) is 3.09. The van der Waals surface area contributed by atoms with E-state index in [4.69, 9.17) is 21.1 Å². The van der Waals surface area contributed by atoms with Crippen molar-refractivity contribution in [1.82, 2.24) is 0 Å². The fraction of sp³-hybridized carbons (Fsp3) is 0.174. The number of hydrogen-bond donors (Lipinski definition) is 1. The molecular weight excluding hydrogens is 420 g/mol. The third-order valence-electron chi connectivity index (χ3n) is 4.78. The van der Waals surface area contributed by atoms with Gasteiger partial charge in [0, 0.05) is 34.8 Å². The first-order valence-corrected chi connectivity index (χ1v) is 9.80. The predicted molar refractivity (Wildman–Crippen MR) is 119 cm³/mol. The quantitative estimate of drug-likeness (QED) is 0.261. The highest BCUT2D eigenvalue weighted by Crippen LogP contribution is 2.33. The number of carbonyl (C=O) groups excluding carboxylic acids is 1. The molecule has 1 atom stereocenters. The number of hydrogen-bond acceptors (Lipinski definition) is 6. The van der Waals surface area contributed by atoms with Gasteiger partial charge in [-0.05, 0) is 54.1 Å². The van der Waals surface area contributed by atoms with E-state index < -0.39 is 11.0 Å². The molecule has 0 saturated carbocycles. The Morgan fingerprint density at radius 1 is 1.00 bits per heavy atom. The van der Waals surface area contributed by atoms with Gasteiger partial charge >= 0.3 is 0 Å². The number of nitrogens with zero attached hydrogens (tertiary/aromatic N) is 1. The Kier molecular flexibility index (Phi) is 7.10. The highest BCUT2D eigenvalue weighted by atomic mass is 35.5. The van der Waals surface area contributed by atoms with Gasteiger partial charge in [0.2, 0.25) is 0 Å². The number of rotatable bonds is 9. The number of nitro groups is 1. The lowest BCUT2D eigenvalue weighted by atomic mass is 9.97. The van der Waals surface area contributed by atoms with Crippen molar-refractivity contribution in [2.75, 3.05) is 19.5 Å². The first-order valence-electron chi connectivity index (χ1n) is 9.43. The van der Waals surface area contributed by atoms with Crippen molar-refractivity contribution in [3.63, 3.8) is 0 Å². The second-order valence-electron chi connectivity index (χ2n) is 6.75. The van der Waals surface area contributed by atoms with Crippen LogP contribution >= 0.6 is 11.6 Å². The molecule has 0 amide bonds. The Hall–Kier alpha value is -3.58. The van der Waals surface area contributed by atoms with Gasteiger partial charge in [-0.1, -0.05) is 17.7 Å². The van der Waals surface area contributed by atoms with Crippen molar-refractivity contribution in [3.05, 3.63) is 93.0 Å². The molecule has 31 heavy (non-hydrogen) atoms. The van der Waals surface area contributed by atoms with Crippen LogP contribution in [0.25, 0.3) is 0 Å². The van der Waals surface area contributed by atoms with Crippen LogP contribution in [0, 0.1) is 10.1 Å².